The highest BCUT2D eigenvalue weighted by atomic mass is 35.5. The van der Waals surface area contributed by atoms with Crippen molar-refractivity contribution in [2.45, 2.75) is 61.4 Å². The average molecular weight is 673 g/mol. The molecule has 0 saturated heterocycles. The molecule has 2 bridgehead atoms. The van der Waals surface area contributed by atoms with E-state index >= 15 is 0 Å². The van der Waals surface area contributed by atoms with Gasteiger partial charge in [-0.15, -0.1) is 0 Å². The van der Waals surface area contributed by atoms with Crippen LogP contribution in [0.1, 0.15) is 49.7 Å². The zero-order chi connectivity index (χ0) is 32.3. The zero-order valence-corrected chi connectivity index (χ0v) is 28.3. The number of hydrogen-bond acceptors (Lipinski definition) is 8. The number of amides is 1. The molecule has 2 aliphatic carbocycles. The van der Waals surface area contributed by atoms with E-state index in [2.05, 4.69) is 33.9 Å². The fraction of sp³-hybridized carbons (Fsp3) is 0.571. The van der Waals surface area contributed by atoms with Crippen LogP contribution in [0.2, 0.25) is 5.02 Å². The fourth-order valence-electron chi connectivity index (χ4n) is 7.65. The van der Waals surface area contributed by atoms with E-state index in [1.165, 1.54) is 17.2 Å². The smallest absolute Gasteiger partial charge is 0.264 e. The Kier molecular flexibility index (Phi) is 10.3. The topological polar surface area (TPSA) is 103 Å². The van der Waals surface area contributed by atoms with Crippen LogP contribution in [-0.2, 0) is 40.9 Å². The van der Waals surface area contributed by atoms with Gasteiger partial charge in [-0.25, -0.2) is 13.1 Å². The Labute approximate surface area is 277 Å². The van der Waals surface area contributed by atoms with E-state index in [1.54, 1.807) is 26.4 Å². The normalized spacial score (nSPS) is 29.8. The number of anilines is 1. The monoisotopic (exact) mass is 672 g/mol. The molecule has 1 amide bonds. The minimum Gasteiger partial charge on any atom is -0.490 e. The van der Waals surface area contributed by atoms with Crippen molar-refractivity contribution < 1.29 is 32.2 Å². The third-order valence-electron chi connectivity index (χ3n) is 10.3. The molecule has 1 N–H and O–H groups in total. The van der Waals surface area contributed by atoms with Gasteiger partial charge in [-0.1, -0.05) is 29.8 Å². The van der Waals surface area contributed by atoms with E-state index < -0.39 is 21.8 Å². The minimum absolute atomic E-state index is 0.0333. The van der Waals surface area contributed by atoms with Gasteiger partial charge < -0.3 is 23.8 Å². The average Bonchev–Trinajstić information content (AvgIpc) is 3.17. The molecule has 2 aromatic rings. The highest BCUT2D eigenvalue weighted by molar-refractivity contribution is 7.90. The Balaban J connectivity index is 1.38. The molecule has 6 rings (SSSR count). The second-order valence-corrected chi connectivity index (χ2v) is 15.3. The number of aryl methyl sites for hydroxylation is 1. The molecule has 1 saturated carbocycles. The Morgan fingerprint density at radius 1 is 1.11 bits per heavy atom. The molecular weight excluding hydrogens is 628 g/mol. The summed E-state index contributed by atoms with van der Waals surface area (Å²) in [6.07, 6.45) is 10.2. The molecule has 5 atom stereocenters. The number of allylic oxidation sites excluding steroid dienone is 1. The van der Waals surface area contributed by atoms with Crippen LogP contribution in [0, 0.1) is 17.8 Å². The number of carbonyl (C=O) groups is 1. The summed E-state index contributed by atoms with van der Waals surface area (Å²) in [7, 11) is -0.828. The quantitative estimate of drug-likeness (QED) is 0.326. The van der Waals surface area contributed by atoms with Crippen LogP contribution in [0.5, 0.6) is 5.75 Å². The Morgan fingerprint density at radius 3 is 2.76 bits per heavy atom. The van der Waals surface area contributed by atoms with Crippen LogP contribution >= 0.6 is 11.6 Å². The summed E-state index contributed by atoms with van der Waals surface area (Å²) in [5, 5.41) is 0.732. The first-order chi connectivity index (χ1) is 22.2. The third kappa shape index (κ3) is 6.97. The van der Waals surface area contributed by atoms with Crippen molar-refractivity contribution in [3.8, 4) is 5.75 Å². The lowest BCUT2D eigenvalue weighted by Crippen LogP contribution is -2.49. The van der Waals surface area contributed by atoms with Gasteiger partial charge in [0.15, 0.2) is 0 Å². The number of benzene rings is 2. The van der Waals surface area contributed by atoms with Gasteiger partial charge in [0.25, 0.3) is 10.0 Å². The first kappa shape index (κ1) is 33.3. The van der Waals surface area contributed by atoms with Crippen LogP contribution in [0.25, 0.3) is 0 Å². The summed E-state index contributed by atoms with van der Waals surface area (Å²) < 4.78 is 53.1. The van der Waals surface area contributed by atoms with Crippen molar-refractivity contribution in [1.29, 1.82) is 0 Å². The fourth-order valence-corrected chi connectivity index (χ4v) is 8.91. The molecule has 0 radical (unpaired) electrons. The van der Waals surface area contributed by atoms with Crippen molar-refractivity contribution in [2.24, 2.45) is 17.8 Å². The van der Waals surface area contributed by atoms with Gasteiger partial charge in [0.05, 0.1) is 49.0 Å². The maximum absolute atomic E-state index is 13.7. The van der Waals surface area contributed by atoms with E-state index in [1.807, 2.05) is 6.07 Å². The SMILES string of the molecule is COCCOC[C@@H]1CC/C=C\[C@@H](OC)[C@@H]2CC[C@H]2CN2C[C@@]3(CCCc4cc(Cl)ccc43)COc3ccc(cc32)S(=O)(=O)NC1=O. The number of fused-ring (bicyclic) bond motifs is 4. The Hall–Kier alpha value is -2.63. The zero-order valence-electron chi connectivity index (χ0n) is 26.7. The van der Waals surface area contributed by atoms with Crippen LogP contribution in [-0.4, -0.2) is 74.2 Å². The lowest BCUT2D eigenvalue weighted by Gasteiger charge is -2.46. The largest absolute Gasteiger partial charge is 0.490 e. The molecule has 250 valence electrons. The van der Waals surface area contributed by atoms with E-state index in [9.17, 15) is 13.2 Å². The van der Waals surface area contributed by atoms with Crippen LogP contribution in [0.3, 0.4) is 0 Å². The number of nitrogens with zero attached hydrogens (tertiary/aromatic N) is 1. The molecule has 9 nitrogen and oxygen atoms in total. The van der Waals surface area contributed by atoms with Gasteiger partial charge in [-0.2, -0.15) is 0 Å². The van der Waals surface area contributed by atoms with Crippen LogP contribution in [0.4, 0.5) is 5.69 Å². The van der Waals surface area contributed by atoms with Gasteiger partial charge in [0, 0.05) is 37.7 Å². The molecule has 2 aliphatic heterocycles. The van der Waals surface area contributed by atoms with Crippen molar-refractivity contribution in [3.63, 3.8) is 0 Å². The highest BCUT2D eigenvalue weighted by Crippen LogP contribution is 2.47. The summed E-state index contributed by atoms with van der Waals surface area (Å²) in [6.45, 7) is 2.71. The molecule has 0 unspecified atom stereocenters. The first-order valence-corrected chi connectivity index (χ1v) is 18.2. The highest BCUT2D eigenvalue weighted by Gasteiger charge is 2.44. The number of methoxy groups -OCH3 is 2. The predicted octanol–water partition coefficient (Wildman–Crippen LogP) is 5.29. The summed E-state index contributed by atoms with van der Waals surface area (Å²) in [6, 6.07) is 11.1. The molecule has 11 heteroatoms. The van der Waals surface area contributed by atoms with Crippen molar-refractivity contribution >= 4 is 33.2 Å². The molecule has 2 aromatic carbocycles. The lowest BCUT2D eigenvalue weighted by molar-refractivity contribution is -0.125. The number of hydrogen-bond donors (Lipinski definition) is 1. The lowest BCUT2D eigenvalue weighted by atomic mass is 9.68. The standard InChI is InChI=1S/C35H45ClN2O7S/c1-42-16-17-44-21-26-6-3-4-8-32(43-2)29-12-9-25(29)20-38-22-35(15-5-7-24-18-27(36)10-13-30(24)35)23-45-33-14-11-28(19-31(33)38)46(40,41)37-34(26)39/h4,8,10-11,13-14,18-19,25-26,29,32H,3,5-7,9,12,15-17,20-23H2,1-2H3,(H,37,39)/b8-4-/t25-,26-,29+,32+,35-/m0/s1. The van der Waals surface area contributed by atoms with Crippen LogP contribution < -0.4 is 14.4 Å². The van der Waals surface area contributed by atoms with E-state index in [-0.39, 0.29) is 23.0 Å². The molecule has 1 fully saturated rings. The predicted molar refractivity (Wildman–Crippen MR) is 177 cm³/mol. The maximum Gasteiger partial charge on any atom is 0.264 e. The first-order valence-electron chi connectivity index (χ1n) is 16.4. The van der Waals surface area contributed by atoms with E-state index in [0.717, 1.165) is 49.4 Å². The number of ether oxygens (including phenoxy) is 4. The van der Waals surface area contributed by atoms with Gasteiger partial charge in [-0.05, 0) is 98.2 Å². The number of nitrogens with one attached hydrogen (secondary N) is 1. The second-order valence-electron chi connectivity index (χ2n) is 13.2. The van der Waals surface area contributed by atoms with Crippen LogP contribution in [0.15, 0.2) is 53.4 Å². The van der Waals surface area contributed by atoms with Gasteiger partial charge in [0.2, 0.25) is 5.91 Å². The summed E-state index contributed by atoms with van der Waals surface area (Å²) in [4.78, 5) is 15.8. The van der Waals surface area contributed by atoms with Crippen molar-refractivity contribution in [2.75, 3.05) is 58.6 Å². The molecule has 4 aliphatic rings. The number of halogens is 1. The van der Waals surface area contributed by atoms with Crippen molar-refractivity contribution in [3.05, 3.63) is 64.7 Å². The molecule has 2 heterocycles. The number of rotatable bonds is 6. The molecule has 46 heavy (non-hydrogen) atoms. The minimum atomic E-state index is -4.16. The number of carbonyl (C=O) groups excluding carboxylic acids is 1. The summed E-state index contributed by atoms with van der Waals surface area (Å²) >= 11 is 6.42. The van der Waals surface area contributed by atoms with Gasteiger partial charge >= 0.3 is 0 Å². The van der Waals surface area contributed by atoms with E-state index in [0.29, 0.717) is 56.8 Å². The number of sulfonamides is 1. The molecular formula is C35H45ClN2O7S. The molecule has 0 aromatic heterocycles. The van der Waals surface area contributed by atoms with E-state index in [4.69, 9.17) is 30.5 Å². The Bertz CT molecular complexity index is 1550. The summed E-state index contributed by atoms with van der Waals surface area (Å²) in [5.41, 5.74) is 2.96. The van der Waals surface area contributed by atoms with Crippen molar-refractivity contribution in [1.82, 2.24) is 4.72 Å². The Morgan fingerprint density at radius 2 is 1.98 bits per heavy atom. The summed E-state index contributed by atoms with van der Waals surface area (Å²) in [5.74, 6) is 0.105. The third-order valence-corrected chi connectivity index (χ3v) is 11.9. The van der Waals surface area contributed by atoms with Gasteiger partial charge in [0.1, 0.15) is 5.75 Å². The second kappa shape index (κ2) is 14.2. The molecule has 1 spiro atoms. The maximum atomic E-state index is 13.7. The van der Waals surface area contributed by atoms with Gasteiger partial charge in [-0.3, -0.25) is 4.79 Å².